The van der Waals surface area contributed by atoms with Crippen molar-refractivity contribution < 1.29 is 0 Å². The molecule has 0 spiro atoms. The van der Waals surface area contributed by atoms with Crippen molar-refractivity contribution in [2.45, 2.75) is 0 Å². The average Bonchev–Trinajstić information content (AvgIpc) is 0. The third-order valence-electron chi connectivity index (χ3n) is 0. The average molecular weight is 602 g/mol. The minimum absolute atomic E-state index is 0. The number of rotatable bonds is 0. The fraction of sp³-hybridized carbons (Fsp3) is 0. The van der Waals surface area contributed by atoms with Gasteiger partial charge in [-0.1, -0.05) is 0 Å². The van der Waals surface area contributed by atoms with E-state index in [1.807, 2.05) is 0 Å². The van der Waals surface area contributed by atoms with Crippen LogP contribution in [0.25, 0.3) is 0 Å². The Bertz CT molecular complexity index is 8.26. The SMILES string of the molecule is Cl.Cl.Cl.Cl.Cl.Cl.[Te].[Te].[Te]. The molecule has 0 fully saturated rings. The first-order valence-corrected chi connectivity index (χ1v) is 0. The van der Waals surface area contributed by atoms with Gasteiger partial charge in [-0.05, 0) is 0 Å². The summed E-state index contributed by atoms with van der Waals surface area (Å²) in [5.74, 6) is 0. The van der Waals surface area contributed by atoms with Crippen molar-refractivity contribution in [3.63, 3.8) is 0 Å². The fourth-order valence-electron chi connectivity index (χ4n) is 0. The van der Waals surface area contributed by atoms with Gasteiger partial charge >= 0.3 is 0 Å². The van der Waals surface area contributed by atoms with Crippen LogP contribution < -0.4 is 0 Å². The Morgan fingerprint density at radius 3 is 0.222 bits per heavy atom. The molecule has 0 rings (SSSR count). The van der Waals surface area contributed by atoms with Gasteiger partial charge in [-0.15, -0.1) is 74.4 Å². The van der Waals surface area contributed by atoms with E-state index in [1.54, 1.807) is 0 Å². The van der Waals surface area contributed by atoms with Crippen LogP contribution >= 0.6 is 74.4 Å². The van der Waals surface area contributed by atoms with E-state index in [-0.39, 0.29) is 145 Å². The second kappa shape index (κ2) is 88.5. The second-order valence-electron chi connectivity index (χ2n) is 0. The number of hydrogen-bond donors (Lipinski definition) is 0. The van der Waals surface area contributed by atoms with Crippen LogP contribution in [-0.4, -0.2) is 71.0 Å². The van der Waals surface area contributed by atoms with Crippen molar-refractivity contribution in [2.24, 2.45) is 0 Å². The van der Waals surface area contributed by atoms with Gasteiger partial charge in [0.2, 0.25) is 0 Å². The maximum Gasteiger partial charge on any atom is 0 e. The second-order valence-corrected chi connectivity index (χ2v) is 0. The van der Waals surface area contributed by atoms with Gasteiger partial charge in [0.1, 0.15) is 0 Å². The van der Waals surface area contributed by atoms with Crippen LogP contribution in [0.4, 0.5) is 0 Å². The predicted octanol–water partition coefficient (Wildman–Crippen LogP) is 1.39. The van der Waals surface area contributed by atoms with Crippen LogP contribution in [0.1, 0.15) is 0 Å². The molecule has 0 aliphatic heterocycles. The van der Waals surface area contributed by atoms with E-state index in [4.69, 9.17) is 0 Å². The zero-order valence-corrected chi connectivity index (χ0v) is 15.6. The Kier molecular flexibility index (Phi) is 1120. The molecule has 0 saturated carbocycles. The minimum Gasteiger partial charge on any atom is -0.147 e. The van der Waals surface area contributed by atoms with Crippen molar-refractivity contribution in [3.05, 3.63) is 0 Å². The monoisotopic (exact) mass is 606 g/mol. The van der Waals surface area contributed by atoms with Crippen molar-refractivity contribution in [3.8, 4) is 0 Å². The van der Waals surface area contributed by atoms with E-state index in [2.05, 4.69) is 0 Å². The number of halogens is 6. The quantitative estimate of drug-likeness (QED) is 0.369. The van der Waals surface area contributed by atoms with E-state index in [0.29, 0.717) is 0 Å². The third kappa shape index (κ3) is 73.3. The Morgan fingerprint density at radius 1 is 0.222 bits per heavy atom. The molecule has 0 N–H and O–H groups in total. The molecule has 0 aromatic rings. The molecule has 0 aliphatic rings. The third-order valence-corrected chi connectivity index (χ3v) is 0. The van der Waals surface area contributed by atoms with Crippen LogP contribution in [0, 0.1) is 0 Å². The van der Waals surface area contributed by atoms with E-state index in [9.17, 15) is 0 Å². The summed E-state index contributed by atoms with van der Waals surface area (Å²) in [7, 11) is 0. The molecule has 0 saturated heterocycles. The molecule has 66 valence electrons. The molecule has 0 aromatic heterocycles. The Hall–Kier alpha value is 4.11. The van der Waals surface area contributed by atoms with Gasteiger partial charge in [0, 0.05) is 71.0 Å². The molecule has 9 heteroatoms. The van der Waals surface area contributed by atoms with Crippen LogP contribution in [0.15, 0.2) is 0 Å². The standard InChI is InChI=1S/6ClH.3Te/h6*1H;;;. The molecule has 9 heavy (non-hydrogen) atoms. The van der Waals surface area contributed by atoms with Crippen molar-refractivity contribution in [1.82, 2.24) is 0 Å². The van der Waals surface area contributed by atoms with Crippen molar-refractivity contribution in [2.75, 3.05) is 0 Å². The molecule has 0 heterocycles. The van der Waals surface area contributed by atoms with E-state index < -0.39 is 0 Å². The minimum atomic E-state index is 0. The fourth-order valence-corrected chi connectivity index (χ4v) is 0. The van der Waals surface area contributed by atoms with E-state index in [0.717, 1.165) is 0 Å². The zero-order valence-electron chi connectivity index (χ0n) is 3.67. The Balaban J connectivity index is 0. The Morgan fingerprint density at radius 2 is 0.222 bits per heavy atom. The molecule has 0 unspecified atom stereocenters. The maximum absolute atomic E-state index is 0. The van der Waals surface area contributed by atoms with Gasteiger partial charge in [-0.3, -0.25) is 0 Å². The van der Waals surface area contributed by atoms with Crippen LogP contribution in [-0.2, 0) is 0 Å². The van der Waals surface area contributed by atoms with Crippen LogP contribution in [0.2, 0.25) is 0 Å². The molecule has 0 nitrogen and oxygen atoms in total. The molecule has 0 bridgehead atoms. The summed E-state index contributed by atoms with van der Waals surface area (Å²) in [5, 5.41) is 0. The molecule has 0 aliphatic carbocycles. The molecule has 0 amide bonds. The summed E-state index contributed by atoms with van der Waals surface area (Å²) in [6.07, 6.45) is 0. The van der Waals surface area contributed by atoms with Gasteiger partial charge in [-0.25, -0.2) is 0 Å². The van der Waals surface area contributed by atoms with Crippen LogP contribution in [0.3, 0.4) is 0 Å². The van der Waals surface area contributed by atoms with Gasteiger partial charge in [-0.2, -0.15) is 0 Å². The van der Waals surface area contributed by atoms with E-state index >= 15 is 0 Å². The van der Waals surface area contributed by atoms with E-state index in [1.165, 1.54) is 0 Å². The van der Waals surface area contributed by atoms with Crippen LogP contribution in [0.5, 0.6) is 0 Å². The summed E-state index contributed by atoms with van der Waals surface area (Å²) in [6.45, 7) is 0. The first-order valence-electron chi connectivity index (χ1n) is 0. The van der Waals surface area contributed by atoms with Gasteiger partial charge < -0.3 is 0 Å². The smallest absolute Gasteiger partial charge is 0 e. The first-order chi connectivity index (χ1) is 0. The Labute approximate surface area is 143 Å². The topological polar surface area (TPSA) is 0 Å². The molecular formula is H6Cl6Te3. The molecule has 0 atom stereocenters. The summed E-state index contributed by atoms with van der Waals surface area (Å²) < 4.78 is 0. The summed E-state index contributed by atoms with van der Waals surface area (Å²) >= 11 is 0. The molecule has 0 aromatic carbocycles. The first kappa shape index (κ1) is 114. The van der Waals surface area contributed by atoms with Gasteiger partial charge in [0.05, 0.1) is 0 Å². The predicted molar refractivity (Wildman–Crippen MR) is 60.8 cm³/mol. The normalized spacial score (nSPS) is 0. The molecular weight excluding hydrogens is 596 g/mol. The van der Waals surface area contributed by atoms with Crippen molar-refractivity contribution in [1.29, 1.82) is 0 Å². The molecule has 6 radical (unpaired) electrons. The maximum atomic E-state index is 0. The largest absolute Gasteiger partial charge is 0.147 e. The zero-order chi connectivity index (χ0) is 0. The number of hydrogen-bond acceptors (Lipinski definition) is 0. The van der Waals surface area contributed by atoms with Crippen molar-refractivity contribution >= 4 is 145 Å². The summed E-state index contributed by atoms with van der Waals surface area (Å²) in [6, 6.07) is 0. The summed E-state index contributed by atoms with van der Waals surface area (Å²) in [4.78, 5) is 0. The summed E-state index contributed by atoms with van der Waals surface area (Å²) in [5.41, 5.74) is 0. The van der Waals surface area contributed by atoms with Gasteiger partial charge in [0.25, 0.3) is 0 Å². The van der Waals surface area contributed by atoms with Gasteiger partial charge in [0.15, 0.2) is 0 Å².